The van der Waals surface area contributed by atoms with Crippen molar-refractivity contribution < 1.29 is 4.79 Å². The number of thiazole rings is 1. The maximum atomic E-state index is 11.9. The molecule has 0 saturated heterocycles. The average Bonchev–Trinajstić information content (AvgIpc) is 3.13. The molecule has 0 fully saturated rings. The van der Waals surface area contributed by atoms with Crippen LogP contribution in [-0.2, 0) is 12.8 Å². The van der Waals surface area contributed by atoms with Crippen LogP contribution in [0.25, 0.3) is 0 Å². The van der Waals surface area contributed by atoms with Gasteiger partial charge in [-0.25, -0.2) is 4.98 Å². The topological polar surface area (TPSA) is 91.3 Å². The summed E-state index contributed by atoms with van der Waals surface area (Å²) in [4.78, 5) is 26.2. The van der Waals surface area contributed by atoms with E-state index in [-0.39, 0.29) is 29.9 Å². The van der Waals surface area contributed by atoms with Gasteiger partial charge in [0.05, 0.1) is 10.6 Å². The smallest absolute Gasteiger partial charge is 0.252 e. The highest BCUT2D eigenvalue weighted by Crippen LogP contribution is 2.13. The van der Waals surface area contributed by atoms with Crippen molar-refractivity contribution in [1.82, 2.24) is 25.9 Å². The molecule has 0 radical (unpaired) electrons. The lowest BCUT2D eigenvalue weighted by Crippen LogP contribution is -2.41. The van der Waals surface area contributed by atoms with Gasteiger partial charge in [0.15, 0.2) is 5.96 Å². The molecule has 9 heteroatoms. The first-order chi connectivity index (χ1) is 12.7. The lowest BCUT2D eigenvalue weighted by molar-refractivity contribution is 0.0954. The number of hydrogen-bond acceptors (Lipinski definition) is 5. The Labute approximate surface area is 181 Å². The van der Waals surface area contributed by atoms with Crippen molar-refractivity contribution in [2.45, 2.75) is 26.7 Å². The summed E-state index contributed by atoms with van der Waals surface area (Å²) in [5.41, 5.74) is 0.558. The fraction of sp³-hybridized carbons (Fsp3) is 0.444. The summed E-state index contributed by atoms with van der Waals surface area (Å²) in [5.74, 6) is 0.618. The van der Waals surface area contributed by atoms with Crippen LogP contribution in [0.1, 0.15) is 34.1 Å². The van der Waals surface area contributed by atoms with Crippen LogP contribution < -0.4 is 16.0 Å². The standard InChI is InChI=1S/C18H26N6OS.HI/c1-3-15-13-24-16(26-15)7-9-22-18(20-4-2)23-11-10-21-17(25)14-6-5-8-19-12-14;/h5-6,8,12-13H,3-4,7,9-11H2,1-2H3,(H,21,25)(H2,20,22,23);1H. The molecule has 2 rings (SSSR count). The summed E-state index contributed by atoms with van der Waals surface area (Å²) in [6.07, 6.45) is 7.00. The van der Waals surface area contributed by atoms with E-state index in [0.29, 0.717) is 25.2 Å². The number of nitrogens with zero attached hydrogens (tertiary/aromatic N) is 3. The Morgan fingerprint density at radius 3 is 2.67 bits per heavy atom. The number of nitrogens with one attached hydrogen (secondary N) is 3. The zero-order valence-electron chi connectivity index (χ0n) is 15.7. The molecule has 2 aromatic rings. The van der Waals surface area contributed by atoms with Crippen LogP contribution in [0.5, 0.6) is 0 Å². The van der Waals surface area contributed by atoms with Crippen molar-refractivity contribution in [3.8, 4) is 0 Å². The van der Waals surface area contributed by atoms with Gasteiger partial charge in [-0.2, -0.15) is 0 Å². The van der Waals surface area contributed by atoms with Gasteiger partial charge in [0.1, 0.15) is 0 Å². The molecular formula is C18H27IN6OS. The molecule has 0 aliphatic heterocycles. The van der Waals surface area contributed by atoms with Gasteiger partial charge in [0.2, 0.25) is 0 Å². The van der Waals surface area contributed by atoms with Crippen LogP contribution >= 0.6 is 35.3 Å². The normalized spacial score (nSPS) is 10.8. The zero-order valence-corrected chi connectivity index (χ0v) is 18.8. The molecule has 0 aliphatic rings. The van der Waals surface area contributed by atoms with E-state index in [0.717, 1.165) is 30.4 Å². The van der Waals surface area contributed by atoms with Crippen molar-refractivity contribution in [2.24, 2.45) is 4.99 Å². The Morgan fingerprint density at radius 1 is 1.19 bits per heavy atom. The molecule has 148 valence electrons. The number of guanidine groups is 1. The highest BCUT2D eigenvalue weighted by atomic mass is 127. The third-order valence-electron chi connectivity index (χ3n) is 3.52. The zero-order chi connectivity index (χ0) is 18.6. The monoisotopic (exact) mass is 502 g/mol. The molecule has 0 spiro atoms. The number of aromatic nitrogens is 2. The molecule has 0 aliphatic carbocycles. The number of aliphatic imine (C=N–C) groups is 1. The summed E-state index contributed by atoms with van der Waals surface area (Å²) in [6.45, 7) is 6.71. The minimum absolute atomic E-state index is 0. The molecule has 27 heavy (non-hydrogen) atoms. The molecule has 0 unspecified atom stereocenters. The van der Waals surface area contributed by atoms with E-state index in [1.807, 2.05) is 13.1 Å². The Balaban J connectivity index is 0.00000364. The van der Waals surface area contributed by atoms with Crippen LogP contribution in [-0.4, -0.2) is 48.0 Å². The summed E-state index contributed by atoms with van der Waals surface area (Å²) < 4.78 is 0. The Bertz CT molecular complexity index is 707. The number of rotatable bonds is 9. The SMILES string of the molecule is CCNC(=NCCc1ncc(CC)s1)NCCNC(=O)c1cccnc1.I. The molecule has 3 N–H and O–H groups in total. The molecule has 1 amide bonds. The van der Waals surface area contributed by atoms with Crippen molar-refractivity contribution in [2.75, 3.05) is 26.2 Å². The first-order valence-corrected chi connectivity index (χ1v) is 9.68. The lowest BCUT2D eigenvalue weighted by atomic mass is 10.3. The molecule has 0 bridgehead atoms. The van der Waals surface area contributed by atoms with Gasteiger partial charge in [-0.3, -0.25) is 14.8 Å². The molecule has 7 nitrogen and oxygen atoms in total. The van der Waals surface area contributed by atoms with E-state index in [4.69, 9.17) is 0 Å². The predicted molar refractivity (Wildman–Crippen MR) is 121 cm³/mol. The number of aryl methyl sites for hydroxylation is 1. The second-order valence-electron chi connectivity index (χ2n) is 5.51. The Morgan fingerprint density at radius 2 is 2.00 bits per heavy atom. The quantitative estimate of drug-likeness (QED) is 0.212. The molecule has 0 atom stereocenters. The van der Waals surface area contributed by atoms with Gasteiger partial charge < -0.3 is 16.0 Å². The van der Waals surface area contributed by atoms with Gasteiger partial charge in [-0.15, -0.1) is 35.3 Å². The summed E-state index contributed by atoms with van der Waals surface area (Å²) in [6, 6.07) is 3.48. The third-order valence-corrected chi connectivity index (χ3v) is 4.72. The van der Waals surface area contributed by atoms with Crippen molar-refractivity contribution >= 4 is 47.2 Å². The van der Waals surface area contributed by atoms with Gasteiger partial charge in [0, 0.05) is 56.1 Å². The lowest BCUT2D eigenvalue weighted by Gasteiger charge is -2.11. The van der Waals surface area contributed by atoms with E-state index >= 15 is 0 Å². The van der Waals surface area contributed by atoms with Crippen LogP contribution in [0.15, 0.2) is 35.7 Å². The minimum Gasteiger partial charge on any atom is -0.357 e. The molecule has 0 aromatic carbocycles. The van der Waals surface area contributed by atoms with E-state index in [2.05, 4.69) is 37.8 Å². The number of carbonyl (C=O) groups is 1. The minimum atomic E-state index is -0.127. The highest BCUT2D eigenvalue weighted by Gasteiger charge is 2.04. The first-order valence-electron chi connectivity index (χ1n) is 8.87. The third kappa shape index (κ3) is 8.65. The molecule has 2 heterocycles. The maximum absolute atomic E-state index is 11.9. The van der Waals surface area contributed by atoms with Crippen LogP contribution in [0.2, 0.25) is 0 Å². The molecular weight excluding hydrogens is 475 g/mol. The van der Waals surface area contributed by atoms with Gasteiger partial charge in [0.25, 0.3) is 5.91 Å². The number of halogens is 1. The number of hydrogen-bond donors (Lipinski definition) is 3. The number of amides is 1. The van der Waals surface area contributed by atoms with Crippen molar-refractivity contribution in [3.05, 3.63) is 46.2 Å². The van der Waals surface area contributed by atoms with Crippen LogP contribution in [0.3, 0.4) is 0 Å². The molecule has 2 aromatic heterocycles. The van der Waals surface area contributed by atoms with Gasteiger partial charge >= 0.3 is 0 Å². The van der Waals surface area contributed by atoms with Crippen LogP contribution in [0.4, 0.5) is 0 Å². The second kappa shape index (κ2) is 13.4. The van der Waals surface area contributed by atoms with E-state index < -0.39 is 0 Å². The van der Waals surface area contributed by atoms with Crippen LogP contribution in [0, 0.1) is 0 Å². The van der Waals surface area contributed by atoms with Crippen molar-refractivity contribution in [3.63, 3.8) is 0 Å². The van der Waals surface area contributed by atoms with Gasteiger partial charge in [-0.05, 0) is 25.5 Å². The first kappa shape index (κ1) is 23.3. The van der Waals surface area contributed by atoms with E-state index in [1.165, 1.54) is 4.88 Å². The van der Waals surface area contributed by atoms with E-state index in [9.17, 15) is 4.79 Å². The fourth-order valence-electron chi connectivity index (χ4n) is 2.19. The fourth-order valence-corrected chi connectivity index (χ4v) is 3.04. The van der Waals surface area contributed by atoms with Crippen molar-refractivity contribution in [1.29, 1.82) is 0 Å². The Kier molecular flexibility index (Phi) is 11.6. The summed E-state index contributed by atoms with van der Waals surface area (Å²) in [5, 5.41) is 10.4. The summed E-state index contributed by atoms with van der Waals surface area (Å²) in [7, 11) is 0. The average molecular weight is 502 g/mol. The second-order valence-corrected chi connectivity index (χ2v) is 6.71. The van der Waals surface area contributed by atoms with E-state index in [1.54, 1.807) is 35.9 Å². The summed E-state index contributed by atoms with van der Waals surface area (Å²) >= 11 is 1.75. The number of carbonyl (C=O) groups excluding carboxylic acids is 1. The molecule has 0 saturated carbocycles. The van der Waals surface area contributed by atoms with Gasteiger partial charge in [-0.1, -0.05) is 6.92 Å². The Hall–Kier alpha value is -1.75. The predicted octanol–water partition coefficient (Wildman–Crippen LogP) is 2.25. The largest absolute Gasteiger partial charge is 0.357 e. The maximum Gasteiger partial charge on any atom is 0.252 e. The number of pyridine rings is 1. The highest BCUT2D eigenvalue weighted by molar-refractivity contribution is 14.0.